The van der Waals surface area contributed by atoms with Gasteiger partial charge in [0.05, 0.1) is 17.2 Å². The zero-order chi connectivity index (χ0) is 13.7. The van der Waals surface area contributed by atoms with Crippen LogP contribution in [0.15, 0.2) is 22.7 Å². The second-order valence-electron chi connectivity index (χ2n) is 4.73. The summed E-state index contributed by atoms with van der Waals surface area (Å²) in [6, 6.07) is 5.10. The van der Waals surface area contributed by atoms with Crippen LogP contribution in [0.3, 0.4) is 0 Å². The second-order valence-corrected chi connectivity index (χ2v) is 5.52. The lowest BCUT2D eigenvalue weighted by atomic mass is 10.2. The Labute approximate surface area is 122 Å². The van der Waals surface area contributed by atoms with Crippen molar-refractivity contribution < 1.29 is 9.13 Å². The molecule has 1 aliphatic rings. The molecule has 1 saturated heterocycles. The number of likely N-dealkylation sites (N-methyl/N-ethyl adjacent to an activating group) is 1. The van der Waals surface area contributed by atoms with Gasteiger partial charge in [-0.3, -0.25) is 4.90 Å². The van der Waals surface area contributed by atoms with Gasteiger partial charge in [-0.25, -0.2) is 4.39 Å². The normalized spacial score (nSPS) is 20.7. The van der Waals surface area contributed by atoms with Crippen molar-refractivity contribution >= 4 is 15.9 Å². The summed E-state index contributed by atoms with van der Waals surface area (Å²) < 4.78 is 19.6. The van der Waals surface area contributed by atoms with Gasteiger partial charge in [0, 0.05) is 26.2 Å². The number of hydrogen-bond donors (Lipinski definition) is 1. The van der Waals surface area contributed by atoms with Gasteiger partial charge in [-0.15, -0.1) is 0 Å². The molecule has 0 spiro atoms. The van der Waals surface area contributed by atoms with Gasteiger partial charge in [0.2, 0.25) is 0 Å². The summed E-state index contributed by atoms with van der Waals surface area (Å²) in [6.45, 7) is 7.44. The van der Waals surface area contributed by atoms with E-state index in [1.807, 2.05) is 6.07 Å². The van der Waals surface area contributed by atoms with Crippen LogP contribution in [0.4, 0.5) is 4.39 Å². The van der Waals surface area contributed by atoms with Gasteiger partial charge in [0.25, 0.3) is 0 Å². The highest BCUT2D eigenvalue weighted by Gasteiger charge is 2.18. The first kappa shape index (κ1) is 14.9. The minimum absolute atomic E-state index is 0.217. The van der Waals surface area contributed by atoms with Crippen molar-refractivity contribution in [1.29, 1.82) is 0 Å². The first-order valence-corrected chi connectivity index (χ1v) is 7.47. The molecule has 1 heterocycles. The molecule has 0 aromatic heterocycles. The van der Waals surface area contributed by atoms with Crippen molar-refractivity contribution in [2.45, 2.75) is 19.6 Å². The van der Waals surface area contributed by atoms with E-state index in [9.17, 15) is 4.39 Å². The molecule has 0 radical (unpaired) electrons. The zero-order valence-electron chi connectivity index (χ0n) is 11.2. The molecule has 106 valence electrons. The van der Waals surface area contributed by atoms with E-state index < -0.39 is 0 Å². The van der Waals surface area contributed by atoms with Gasteiger partial charge in [-0.2, -0.15) is 0 Å². The van der Waals surface area contributed by atoms with E-state index >= 15 is 0 Å². The largest absolute Gasteiger partial charge is 0.374 e. The van der Waals surface area contributed by atoms with Gasteiger partial charge >= 0.3 is 0 Å². The first-order valence-electron chi connectivity index (χ1n) is 6.68. The molecule has 1 fully saturated rings. The molecular weight excluding hydrogens is 311 g/mol. The zero-order valence-corrected chi connectivity index (χ0v) is 12.7. The van der Waals surface area contributed by atoms with Crippen molar-refractivity contribution in [2.24, 2.45) is 0 Å². The molecule has 0 amide bonds. The van der Waals surface area contributed by atoms with Crippen LogP contribution in [0.5, 0.6) is 0 Å². The highest BCUT2D eigenvalue weighted by molar-refractivity contribution is 9.10. The SMILES string of the molecule is CCN1CCOC(CNCc2cccc(F)c2Br)C1. The highest BCUT2D eigenvalue weighted by atomic mass is 79.9. The minimum Gasteiger partial charge on any atom is -0.374 e. The van der Waals surface area contributed by atoms with Crippen LogP contribution in [0.2, 0.25) is 0 Å². The Morgan fingerprint density at radius 3 is 3.16 bits per heavy atom. The molecule has 1 N–H and O–H groups in total. The molecule has 0 bridgehead atoms. The quantitative estimate of drug-likeness (QED) is 0.897. The van der Waals surface area contributed by atoms with E-state index in [1.165, 1.54) is 6.07 Å². The maximum absolute atomic E-state index is 13.4. The van der Waals surface area contributed by atoms with Crippen LogP contribution in [0, 0.1) is 5.82 Å². The number of benzene rings is 1. The molecule has 1 unspecified atom stereocenters. The third kappa shape index (κ3) is 4.24. The van der Waals surface area contributed by atoms with Crippen LogP contribution in [-0.2, 0) is 11.3 Å². The summed E-state index contributed by atoms with van der Waals surface area (Å²) in [5.74, 6) is -0.217. The Kier molecular flexibility index (Phi) is 5.76. The number of morpholine rings is 1. The summed E-state index contributed by atoms with van der Waals surface area (Å²) in [6.07, 6.45) is 0.223. The number of rotatable bonds is 5. The number of hydrogen-bond acceptors (Lipinski definition) is 3. The van der Waals surface area contributed by atoms with Gasteiger partial charge < -0.3 is 10.1 Å². The summed E-state index contributed by atoms with van der Waals surface area (Å²) >= 11 is 3.27. The van der Waals surface area contributed by atoms with E-state index in [4.69, 9.17) is 4.74 Å². The van der Waals surface area contributed by atoms with Gasteiger partial charge in [0.1, 0.15) is 5.82 Å². The van der Waals surface area contributed by atoms with E-state index in [0.29, 0.717) is 11.0 Å². The van der Waals surface area contributed by atoms with Gasteiger partial charge in [0.15, 0.2) is 0 Å². The molecule has 1 atom stereocenters. The Hall–Kier alpha value is -0.490. The molecule has 0 aliphatic carbocycles. The van der Waals surface area contributed by atoms with Crippen LogP contribution in [0.25, 0.3) is 0 Å². The van der Waals surface area contributed by atoms with Gasteiger partial charge in [-0.1, -0.05) is 19.1 Å². The minimum atomic E-state index is -0.217. The second kappa shape index (κ2) is 7.33. The van der Waals surface area contributed by atoms with Crippen molar-refractivity contribution in [3.05, 3.63) is 34.1 Å². The predicted molar refractivity (Wildman–Crippen MR) is 77.7 cm³/mol. The van der Waals surface area contributed by atoms with Crippen molar-refractivity contribution in [1.82, 2.24) is 10.2 Å². The monoisotopic (exact) mass is 330 g/mol. The third-order valence-corrected chi connectivity index (χ3v) is 4.28. The van der Waals surface area contributed by atoms with Crippen LogP contribution in [0.1, 0.15) is 12.5 Å². The maximum Gasteiger partial charge on any atom is 0.137 e. The maximum atomic E-state index is 13.4. The Morgan fingerprint density at radius 2 is 2.37 bits per heavy atom. The molecule has 1 aromatic rings. The lowest BCUT2D eigenvalue weighted by molar-refractivity contribution is -0.0253. The fraction of sp³-hybridized carbons (Fsp3) is 0.571. The fourth-order valence-electron chi connectivity index (χ4n) is 2.24. The number of nitrogens with one attached hydrogen (secondary N) is 1. The molecule has 3 nitrogen and oxygen atoms in total. The first-order chi connectivity index (χ1) is 9.20. The molecule has 2 rings (SSSR count). The Balaban J connectivity index is 1.78. The third-order valence-electron chi connectivity index (χ3n) is 3.39. The molecule has 1 aromatic carbocycles. The van der Waals surface area contributed by atoms with Gasteiger partial charge in [-0.05, 0) is 34.1 Å². The molecule has 1 aliphatic heterocycles. The smallest absolute Gasteiger partial charge is 0.137 e. The van der Waals surface area contributed by atoms with Crippen LogP contribution < -0.4 is 5.32 Å². The summed E-state index contributed by atoms with van der Waals surface area (Å²) in [7, 11) is 0. The van der Waals surface area contributed by atoms with Crippen molar-refractivity contribution in [2.75, 3.05) is 32.8 Å². The standard InChI is InChI=1S/C14H20BrFN2O/c1-2-18-6-7-19-12(10-18)9-17-8-11-4-3-5-13(16)14(11)15/h3-5,12,17H,2,6-10H2,1H3. The average Bonchev–Trinajstić information content (AvgIpc) is 2.44. The average molecular weight is 331 g/mol. The predicted octanol–water partition coefficient (Wildman–Crippen LogP) is 2.40. The number of ether oxygens (including phenoxy) is 1. The van der Waals surface area contributed by atoms with E-state index in [2.05, 4.69) is 33.1 Å². The lowest BCUT2D eigenvalue weighted by Crippen LogP contribution is -2.46. The van der Waals surface area contributed by atoms with Crippen molar-refractivity contribution in [3.8, 4) is 0 Å². The molecular formula is C14H20BrFN2O. The van der Waals surface area contributed by atoms with E-state index in [1.54, 1.807) is 6.07 Å². The van der Waals surface area contributed by atoms with Crippen LogP contribution >= 0.6 is 15.9 Å². The topological polar surface area (TPSA) is 24.5 Å². The van der Waals surface area contributed by atoms with E-state index in [0.717, 1.165) is 38.3 Å². The Bertz CT molecular complexity index is 416. The summed E-state index contributed by atoms with van der Waals surface area (Å²) in [5.41, 5.74) is 0.933. The summed E-state index contributed by atoms with van der Waals surface area (Å²) in [4.78, 5) is 2.38. The lowest BCUT2D eigenvalue weighted by Gasteiger charge is -2.32. The molecule has 5 heteroatoms. The highest BCUT2D eigenvalue weighted by Crippen LogP contribution is 2.20. The number of nitrogens with zero attached hydrogens (tertiary/aromatic N) is 1. The fourth-order valence-corrected chi connectivity index (χ4v) is 2.65. The van der Waals surface area contributed by atoms with Crippen LogP contribution in [-0.4, -0.2) is 43.8 Å². The Morgan fingerprint density at radius 1 is 1.53 bits per heavy atom. The molecule has 0 saturated carbocycles. The molecule has 19 heavy (non-hydrogen) atoms. The van der Waals surface area contributed by atoms with Crippen molar-refractivity contribution in [3.63, 3.8) is 0 Å². The summed E-state index contributed by atoms with van der Waals surface area (Å²) in [5, 5.41) is 3.34. The van der Waals surface area contributed by atoms with E-state index in [-0.39, 0.29) is 11.9 Å². The number of halogens is 2.